The second-order valence-corrected chi connectivity index (χ2v) is 4.13. The van der Waals surface area contributed by atoms with Crippen molar-refractivity contribution in [1.82, 2.24) is 4.57 Å². The Balaban J connectivity index is 2.39. The van der Waals surface area contributed by atoms with Crippen LogP contribution in [0.5, 0.6) is 0 Å². The minimum atomic E-state index is -4.35. The Kier molecular flexibility index (Phi) is 2.87. The van der Waals surface area contributed by atoms with Crippen LogP contribution in [0.15, 0.2) is 30.5 Å². The van der Waals surface area contributed by atoms with E-state index in [0.29, 0.717) is 5.56 Å². The lowest BCUT2D eigenvalue weighted by Crippen LogP contribution is -2.39. The summed E-state index contributed by atoms with van der Waals surface area (Å²) in [6, 6.07) is 5.37. The van der Waals surface area contributed by atoms with Gasteiger partial charge in [0.05, 0.1) is 5.52 Å². The summed E-state index contributed by atoms with van der Waals surface area (Å²) in [4.78, 5) is 0. The van der Waals surface area contributed by atoms with Crippen LogP contribution in [0.3, 0.4) is 0 Å². The molecule has 0 radical (unpaired) electrons. The van der Waals surface area contributed by atoms with E-state index in [1.807, 2.05) is 29.9 Å². The second-order valence-electron chi connectivity index (χ2n) is 4.13. The monoisotopic (exact) mass is 242 g/mol. The highest BCUT2D eigenvalue weighted by molar-refractivity contribution is 5.83. The van der Waals surface area contributed by atoms with Crippen molar-refractivity contribution in [3.63, 3.8) is 0 Å². The second kappa shape index (κ2) is 4.07. The smallest absolute Gasteiger partial charge is 0.350 e. The molecule has 1 aromatic carbocycles. The average molecular weight is 242 g/mol. The van der Waals surface area contributed by atoms with E-state index in [0.717, 1.165) is 10.9 Å². The van der Waals surface area contributed by atoms with Gasteiger partial charge >= 0.3 is 6.18 Å². The van der Waals surface area contributed by atoms with Crippen molar-refractivity contribution in [2.75, 3.05) is 0 Å². The molecular weight excluding hydrogens is 229 g/mol. The quantitative estimate of drug-likeness (QED) is 0.862. The maximum absolute atomic E-state index is 12.4. The third-order valence-electron chi connectivity index (χ3n) is 2.84. The first-order valence-electron chi connectivity index (χ1n) is 5.25. The minimum absolute atomic E-state index is 0.196. The van der Waals surface area contributed by atoms with Crippen molar-refractivity contribution in [1.29, 1.82) is 0 Å². The van der Waals surface area contributed by atoms with Crippen molar-refractivity contribution in [3.05, 3.63) is 36.0 Å². The summed E-state index contributed by atoms with van der Waals surface area (Å²) in [6.45, 7) is 0. The SMILES string of the molecule is Cn1ccc2cccc(CC(N)C(F)(F)F)c21. The molecule has 2 N–H and O–H groups in total. The van der Waals surface area contributed by atoms with E-state index >= 15 is 0 Å². The fourth-order valence-electron chi connectivity index (χ4n) is 1.96. The number of rotatable bonds is 2. The van der Waals surface area contributed by atoms with Gasteiger partial charge in [0.1, 0.15) is 6.04 Å². The van der Waals surface area contributed by atoms with Crippen LogP contribution in [0, 0.1) is 0 Å². The predicted octanol–water partition coefficient (Wildman–Crippen LogP) is 2.61. The minimum Gasteiger partial charge on any atom is -0.350 e. The molecule has 2 rings (SSSR count). The molecule has 0 aliphatic carbocycles. The van der Waals surface area contributed by atoms with E-state index in [4.69, 9.17) is 5.73 Å². The molecule has 0 bridgehead atoms. The number of hydrogen-bond acceptors (Lipinski definition) is 1. The predicted molar refractivity (Wildman–Crippen MR) is 60.7 cm³/mol. The van der Waals surface area contributed by atoms with Gasteiger partial charge in [0.2, 0.25) is 0 Å². The number of halogens is 3. The van der Waals surface area contributed by atoms with Crippen molar-refractivity contribution in [3.8, 4) is 0 Å². The van der Waals surface area contributed by atoms with Crippen LogP contribution >= 0.6 is 0 Å². The molecule has 0 saturated heterocycles. The highest BCUT2D eigenvalue weighted by atomic mass is 19.4. The lowest BCUT2D eigenvalue weighted by molar-refractivity contribution is -0.147. The van der Waals surface area contributed by atoms with E-state index < -0.39 is 12.2 Å². The Morgan fingerprint density at radius 3 is 2.65 bits per heavy atom. The van der Waals surface area contributed by atoms with Gasteiger partial charge in [-0.15, -0.1) is 0 Å². The number of alkyl halides is 3. The Bertz CT molecular complexity index is 528. The number of hydrogen-bond donors (Lipinski definition) is 1. The first kappa shape index (κ1) is 12.0. The fourth-order valence-corrected chi connectivity index (χ4v) is 1.96. The van der Waals surface area contributed by atoms with Crippen molar-refractivity contribution in [2.24, 2.45) is 12.8 Å². The third-order valence-corrected chi connectivity index (χ3v) is 2.84. The fraction of sp³-hybridized carbons (Fsp3) is 0.333. The van der Waals surface area contributed by atoms with E-state index in [-0.39, 0.29) is 6.42 Å². The summed E-state index contributed by atoms with van der Waals surface area (Å²) in [6.07, 6.45) is -2.72. The maximum atomic E-state index is 12.4. The number of nitrogens with zero attached hydrogens (tertiary/aromatic N) is 1. The van der Waals surface area contributed by atoms with E-state index in [1.165, 1.54) is 0 Å². The molecule has 0 amide bonds. The lowest BCUT2D eigenvalue weighted by Gasteiger charge is -2.16. The van der Waals surface area contributed by atoms with Crippen LogP contribution < -0.4 is 5.73 Å². The number of fused-ring (bicyclic) bond motifs is 1. The Morgan fingerprint density at radius 1 is 1.29 bits per heavy atom. The largest absolute Gasteiger partial charge is 0.403 e. The molecule has 2 nitrogen and oxygen atoms in total. The average Bonchev–Trinajstić information content (AvgIpc) is 2.60. The molecule has 5 heteroatoms. The Hall–Kier alpha value is -1.49. The first-order valence-corrected chi connectivity index (χ1v) is 5.25. The van der Waals surface area contributed by atoms with Crippen molar-refractivity contribution < 1.29 is 13.2 Å². The van der Waals surface area contributed by atoms with Crippen LogP contribution in [0.4, 0.5) is 13.2 Å². The topological polar surface area (TPSA) is 30.9 Å². The zero-order chi connectivity index (χ0) is 12.6. The number of aryl methyl sites for hydroxylation is 1. The van der Waals surface area contributed by atoms with E-state index in [9.17, 15) is 13.2 Å². The highest BCUT2D eigenvalue weighted by Crippen LogP contribution is 2.25. The normalized spacial score (nSPS) is 14.2. The van der Waals surface area contributed by atoms with Crippen molar-refractivity contribution >= 4 is 10.9 Å². The summed E-state index contributed by atoms with van der Waals surface area (Å²) in [5, 5.41) is 0.930. The van der Waals surface area contributed by atoms with E-state index in [2.05, 4.69) is 0 Å². The molecular formula is C12H13F3N2. The number of aromatic nitrogens is 1. The lowest BCUT2D eigenvalue weighted by atomic mass is 10.0. The summed E-state index contributed by atoms with van der Waals surface area (Å²) >= 11 is 0. The van der Waals surface area contributed by atoms with Gasteiger partial charge < -0.3 is 10.3 Å². The van der Waals surface area contributed by atoms with Gasteiger partial charge in [-0.05, 0) is 23.4 Å². The molecule has 92 valence electrons. The molecule has 0 spiro atoms. The molecule has 0 aliphatic rings. The van der Waals surface area contributed by atoms with Gasteiger partial charge in [-0.25, -0.2) is 0 Å². The summed E-state index contributed by atoms with van der Waals surface area (Å²) in [5.41, 5.74) is 6.60. The van der Waals surface area contributed by atoms with Gasteiger partial charge in [0.25, 0.3) is 0 Å². The van der Waals surface area contributed by atoms with Crippen LogP contribution in [0.1, 0.15) is 5.56 Å². The molecule has 1 unspecified atom stereocenters. The molecule has 2 aromatic rings. The van der Waals surface area contributed by atoms with Gasteiger partial charge in [0.15, 0.2) is 0 Å². The molecule has 1 aromatic heterocycles. The zero-order valence-corrected chi connectivity index (χ0v) is 9.33. The molecule has 1 heterocycles. The summed E-state index contributed by atoms with van der Waals surface area (Å²) in [5.74, 6) is 0. The summed E-state index contributed by atoms with van der Waals surface area (Å²) < 4.78 is 39.1. The zero-order valence-electron chi connectivity index (χ0n) is 9.33. The molecule has 0 saturated carbocycles. The van der Waals surface area contributed by atoms with Crippen LogP contribution in [0.2, 0.25) is 0 Å². The molecule has 0 aliphatic heterocycles. The number of para-hydroxylation sites is 1. The van der Waals surface area contributed by atoms with Crippen LogP contribution in [-0.2, 0) is 13.5 Å². The van der Waals surface area contributed by atoms with Gasteiger partial charge in [0, 0.05) is 13.2 Å². The molecule has 17 heavy (non-hydrogen) atoms. The van der Waals surface area contributed by atoms with Crippen LogP contribution in [0.25, 0.3) is 10.9 Å². The van der Waals surface area contributed by atoms with Gasteiger partial charge in [-0.3, -0.25) is 0 Å². The molecule has 0 fully saturated rings. The highest BCUT2D eigenvalue weighted by Gasteiger charge is 2.36. The van der Waals surface area contributed by atoms with Gasteiger partial charge in [-0.1, -0.05) is 18.2 Å². The van der Waals surface area contributed by atoms with E-state index in [1.54, 1.807) is 12.1 Å². The summed E-state index contributed by atoms with van der Waals surface area (Å²) in [7, 11) is 1.81. The maximum Gasteiger partial charge on any atom is 0.403 e. The van der Waals surface area contributed by atoms with Crippen molar-refractivity contribution in [2.45, 2.75) is 18.6 Å². The standard InChI is InChI=1S/C12H13F3N2/c1-17-6-5-8-3-2-4-9(11(8)17)7-10(16)12(13,14)15/h2-6,10H,7,16H2,1H3. The van der Waals surface area contributed by atoms with Gasteiger partial charge in [-0.2, -0.15) is 13.2 Å². The van der Waals surface area contributed by atoms with Crippen LogP contribution in [-0.4, -0.2) is 16.8 Å². The molecule has 1 atom stereocenters. The third kappa shape index (κ3) is 2.29. The first-order chi connectivity index (χ1) is 7.89. The number of nitrogens with two attached hydrogens (primary N) is 1. The number of benzene rings is 1. The Morgan fingerprint density at radius 2 is 2.00 bits per heavy atom. The Labute approximate surface area is 96.8 Å².